The van der Waals surface area contributed by atoms with E-state index in [1.807, 2.05) is 0 Å². The highest BCUT2D eigenvalue weighted by molar-refractivity contribution is 6.14. The molecule has 0 bridgehead atoms. The van der Waals surface area contributed by atoms with E-state index in [4.69, 9.17) is 0 Å². The molecule has 6 heteroatoms. The zero-order valence-corrected chi connectivity index (χ0v) is 11.0. The van der Waals surface area contributed by atoms with E-state index in [2.05, 4.69) is 4.74 Å². The summed E-state index contributed by atoms with van der Waals surface area (Å²) in [6.45, 7) is 0. The molecule has 1 aromatic rings. The molecule has 1 aliphatic carbocycles. The van der Waals surface area contributed by atoms with Gasteiger partial charge in [0, 0.05) is 12.7 Å². The van der Waals surface area contributed by atoms with E-state index < -0.39 is 35.6 Å². The van der Waals surface area contributed by atoms with Crippen LogP contribution in [0.25, 0.3) is 0 Å². The van der Waals surface area contributed by atoms with Gasteiger partial charge in [-0.25, -0.2) is 8.78 Å². The first-order valence-corrected chi connectivity index (χ1v) is 6.21. The summed E-state index contributed by atoms with van der Waals surface area (Å²) < 4.78 is 31.2. The lowest BCUT2D eigenvalue weighted by Crippen LogP contribution is -2.32. The molecule has 1 spiro atoms. The zero-order valence-electron chi connectivity index (χ0n) is 11.0. The summed E-state index contributed by atoms with van der Waals surface area (Å²) in [5.41, 5.74) is -0.380. The Morgan fingerprint density at radius 1 is 1.40 bits per heavy atom. The van der Waals surface area contributed by atoms with Crippen LogP contribution in [0.3, 0.4) is 0 Å². The zero-order chi connectivity index (χ0) is 14.7. The SMILES string of the molecule is COC(=O)[C@H]1[C@H](C(F)F)[C@]12C(=O)N(C)c1ccccc12. The number of carbonyl (C=O) groups excluding carboxylic acids is 2. The largest absolute Gasteiger partial charge is 0.469 e. The van der Waals surface area contributed by atoms with Gasteiger partial charge < -0.3 is 9.64 Å². The average molecular weight is 281 g/mol. The normalized spacial score (nSPS) is 30.9. The van der Waals surface area contributed by atoms with E-state index in [1.54, 1.807) is 24.3 Å². The van der Waals surface area contributed by atoms with Crippen LogP contribution < -0.4 is 4.90 Å². The number of nitrogens with zero attached hydrogens (tertiary/aromatic N) is 1. The van der Waals surface area contributed by atoms with Gasteiger partial charge in [-0.15, -0.1) is 0 Å². The third kappa shape index (κ3) is 1.29. The van der Waals surface area contributed by atoms with Gasteiger partial charge in [-0.05, 0) is 11.6 Å². The van der Waals surface area contributed by atoms with Crippen LogP contribution >= 0.6 is 0 Å². The molecule has 1 aliphatic heterocycles. The van der Waals surface area contributed by atoms with Gasteiger partial charge in [0.1, 0.15) is 0 Å². The number of hydrogen-bond donors (Lipinski definition) is 0. The minimum atomic E-state index is -2.75. The molecule has 1 fully saturated rings. The summed E-state index contributed by atoms with van der Waals surface area (Å²) in [5, 5.41) is 0. The fourth-order valence-electron chi connectivity index (χ4n) is 3.46. The maximum absolute atomic E-state index is 13.3. The quantitative estimate of drug-likeness (QED) is 0.773. The van der Waals surface area contributed by atoms with Gasteiger partial charge in [-0.3, -0.25) is 9.59 Å². The van der Waals surface area contributed by atoms with Crippen molar-refractivity contribution in [2.75, 3.05) is 19.1 Å². The van der Waals surface area contributed by atoms with Crippen molar-refractivity contribution < 1.29 is 23.1 Å². The Balaban J connectivity index is 2.17. The number of likely N-dealkylation sites (N-methyl/N-ethyl adjacent to an activating group) is 1. The van der Waals surface area contributed by atoms with Crippen LogP contribution in [0.15, 0.2) is 24.3 Å². The highest BCUT2D eigenvalue weighted by Gasteiger charge is 2.80. The van der Waals surface area contributed by atoms with Gasteiger partial charge in [0.25, 0.3) is 0 Å². The van der Waals surface area contributed by atoms with Crippen LogP contribution in [-0.4, -0.2) is 32.5 Å². The summed E-state index contributed by atoms with van der Waals surface area (Å²) in [7, 11) is 2.68. The lowest BCUT2D eigenvalue weighted by atomic mass is 9.93. The number of alkyl halides is 2. The standard InChI is InChI=1S/C14H13F2NO3/c1-17-8-6-4-3-5-7(8)14(13(17)19)9(11(15)16)10(14)12(18)20-2/h3-6,9-11H,1-2H3/t9-,10-,14+/m1/s1. The number of benzene rings is 1. The number of anilines is 1. The molecule has 3 atom stereocenters. The Labute approximate surface area is 114 Å². The lowest BCUT2D eigenvalue weighted by Gasteiger charge is -2.11. The maximum atomic E-state index is 13.3. The van der Waals surface area contributed by atoms with Crippen molar-refractivity contribution >= 4 is 17.6 Å². The molecule has 0 N–H and O–H groups in total. The highest BCUT2D eigenvalue weighted by atomic mass is 19.3. The first kappa shape index (κ1) is 13.0. The first-order valence-electron chi connectivity index (χ1n) is 6.21. The fourth-order valence-corrected chi connectivity index (χ4v) is 3.46. The summed E-state index contributed by atoms with van der Waals surface area (Å²) in [6.07, 6.45) is -2.75. The molecule has 106 valence electrons. The molecule has 0 aromatic heterocycles. The Hall–Kier alpha value is -1.98. The molecule has 20 heavy (non-hydrogen) atoms. The van der Waals surface area contributed by atoms with Crippen molar-refractivity contribution in [3.63, 3.8) is 0 Å². The second-order valence-corrected chi connectivity index (χ2v) is 5.11. The monoisotopic (exact) mass is 281 g/mol. The average Bonchev–Trinajstić information content (AvgIpc) is 3.11. The van der Waals surface area contributed by atoms with E-state index in [1.165, 1.54) is 11.9 Å². The molecule has 1 saturated carbocycles. The number of ether oxygens (including phenoxy) is 1. The van der Waals surface area contributed by atoms with E-state index >= 15 is 0 Å². The van der Waals surface area contributed by atoms with Gasteiger partial charge in [-0.1, -0.05) is 18.2 Å². The molecule has 1 heterocycles. The number of carbonyl (C=O) groups is 2. The van der Waals surface area contributed by atoms with Crippen LogP contribution in [0, 0.1) is 11.8 Å². The summed E-state index contributed by atoms with van der Waals surface area (Å²) in [4.78, 5) is 25.6. The van der Waals surface area contributed by atoms with Gasteiger partial charge in [0.2, 0.25) is 12.3 Å². The molecule has 2 aliphatic rings. The maximum Gasteiger partial charge on any atom is 0.310 e. The van der Waals surface area contributed by atoms with Crippen molar-refractivity contribution in [2.24, 2.45) is 11.8 Å². The number of rotatable bonds is 2. The minimum absolute atomic E-state index is 0.459. The van der Waals surface area contributed by atoms with E-state index in [-0.39, 0.29) is 0 Å². The molecular formula is C14H13F2NO3. The van der Waals surface area contributed by atoms with Crippen molar-refractivity contribution in [1.29, 1.82) is 0 Å². The van der Waals surface area contributed by atoms with Crippen LogP contribution in [0.1, 0.15) is 5.56 Å². The number of halogens is 2. The number of para-hydroxylation sites is 1. The third-order valence-electron chi connectivity index (χ3n) is 4.36. The first-order chi connectivity index (χ1) is 9.47. The van der Waals surface area contributed by atoms with Crippen molar-refractivity contribution in [2.45, 2.75) is 11.8 Å². The third-order valence-corrected chi connectivity index (χ3v) is 4.36. The van der Waals surface area contributed by atoms with Crippen molar-refractivity contribution in [1.82, 2.24) is 0 Å². The highest BCUT2D eigenvalue weighted by Crippen LogP contribution is 2.67. The molecule has 0 unspecified atom stereocenters. The second-order valence-electron chi connectivity index (χ2n) is 5.11. The van der Waals surface area contributed by atoms with Crippen LogP contribution in [0.2, 0.25) is 0 Å². The predicted octanol–water partition coefficient (Wildman–Crippen LogP) is 1.58. The topological polar surface area (TPSA) is 46.6 Å². The number of hydrogen-bond acceptors (Lipinski definition) is 3. The Kier molecular flexibility index (Phi) is 2.61. The summed E-state index contributed by atoms with van der Waals surface area (Å²) >= 11 is 0. The van der Waals surface area contributed by atoms with Crippen LogP contribution in [-0.2, 0) is 19.7 Å². The van der Waals surface area contributed by atoms with Crippen molar-refractivity contribution in [3.8, 4) is 0 Å². The van der Waals surface area contributed by atoms with Gasteiger partial charge in [0.15, 0.2) is 0 Å². The minimum Gasteiger partial charge on any atom is -0.469 e. The Morgan fingerprint density at radius 3 is 2.65 bits per heavy atom. The summed E-state index contributed by atoms with van der Waals surface area (Å²) in [6, 6.07) is 6.74. The van der Waals surface area contributed by atoms with Gasteiger partial charge >= 0.3 is 5.97 Å². The molecule has 0 radical (unpaired) electrons. The fraction of sp³-hybridized carbons (Fsp3) is 0.429. The van der Waals surface area contributed by atoms with Crippen molar-refractivity contribution in [3.05, 3.63) is 29.8 Å². The predicted molar refractivity (Wildman–Crippen MR) is 66.5 cm³/mol. The lowest BCUT2D eigenvalue weighted by molar-refractivity contribution is -0.144. The molecule has 4 nitrogen and oxygen atoms in total. The number of amides is 1. The summed E-state index contributed by atoms with van der Waals surface area (Å²) in [5.74, 6) is -3.63. The van der Waals surface area contributed by atoms with Crippen LogP contribution in [0.4, 0.5) is 14.5 Å². The molecule has 1 aromatic carbocycles. The number of methoxy groups -OCH3 is 1. The van der Waals surface area contributed by atoms with Gasteiger partial charge in [-0.2, -0.15) is 0 Å². The number of esters is 1. The smallest absolute Gasteiger partial charge is 0.310 e. The van der Waals surface area contributed by atoms with E-state index in [0.29, 0.717) is 11.3 Å². The second kappa shape index (κ2) is 4.01. The molecule has 3 rings (SSSR count). The van der Waals surface area contributed by atoms with E-state index in [9.17, 15) is 18.4 Å². The molecular weight excluding hydrogens is 268 g/mol. The van der Waals surface area contributed by atoms with E-state index in [0.717, 1.165) is 7.11 Å². The Bertz CT molecular complexity index is 604. The number of fused-ring (bicyclic) bond motifs is 2. The Morgan fingerprint density at radius 2 is 2.05 bits per heavy atom. The van der Waals surface area contributed by atoms with Crippen LogP contribution in [0.5, 0.6) is 0 Å². The van der Waals surface area contributed by atoms with Gasteiger partial charge in [0.05, 0.1) is 24.4 Å². The molecule has 0 saturated heterocycles. The molecule has 1 amide bonds.